The minimum absolute atomic E-state index is 0.0335. The van der Waals surface area contributed by atoms with Gasteiger partial charge in [0.15, 0.2) is 5.82 Å². The van der Waals surface area contributed by atoms with Crippen LogP contribution in [0.2, 0.25) is 0 Å². The molecule has 4 nitrogen and oxygen atoms in total. The molecule has 2 aromatic rings. The zero-order valence-electron chi connectivity index (χ0n) is 10.7. The number of aryl methyl sites for hydroxylation is 1. The van der Waals surface area contributed by atoms with Crippen molar-refractivity contribution >= 4 is 5.82 Å². The number of nitrogens with zero attached hydrogens (tertiary/aromatic N) is 2. The lowest BCUT2D eigenvalue weighted by atomic mass is 10.1. The van der Waals surface area contributed by atoms with E-state index in [0.29, 0.717) is 17.2 Å². The van der Waals surface area contributed by atoms with Gasteiger partial charge in [-0.1, -0.05) is 18.2 Å². The van der Waals surface area contributed by atoms with Gasteiger partial charge in [-0.15, -0.1) is 0 Å². The predicted octanol–water partition coefficient (Wildman–Crippen LogP) is 2.86. The van der Waals surface area contributed by atoms with Crippen LogP contribution in [0.25, 0.3) is 11.4 Å². The molecule has 3 rings (SSSR count). The molecule has 0 atom stereocenters. The number of hydrazine groups is 1. The number of nitrogen functional groups attached to an aromatic ring is 1. The number of hydrogen-bond acceptors (Lipinski definition) is 4. The van der Waals surface area contributed by atoms with Crippen molar-refractivity contribution in [1.82, 2.24) is 9.97 Å². The van der Waals surface area contributed by atoms with Crippen LogP contribution in [-0.4, -0.2) is 9.97 Å². The van der Waals surface area contributed by atoms with Crippen molar-refractivity contribution in [1.29, 1.82) is 0 Å². The maximum absolute atomic E-state index is 12.8. The molecule has 0 aliphatic heterocycles. The van der Waals surface area contributed by atoms with Crippen LogP contribution in [0.5, 0.6) is 0 Å². The summed E-state index contributed by atoms with van der Waals surface area (Å²) in [6.07, 6.45) is 0.274. The SMILES string of the molecule is NNc1nc(-c2cccc(C(F)F)c2)nc2c1CCC2. The van der Waals surface area contributed by atoms with E-state index in [1.807, 2.05) is 0 Å². The van der Waals surface area contributed by atoms with E-state index < -0.39 is 6.43 Å². The predicted molar refractivity (Wildman–Crippen MR) is 72.3 cm³/mol. The van der Waals surface area contributed by atoms with Crippen LogP contribution < -0.4 is 11.3 Å². The largest absolute Gasteiger partial charge is 0.308 e. The Hall–Kier alpha value is -2.08. The van der Waals surface area contributed by atoms with Crippen LogP contribution in [0.4, 0.5) is 14.6 Å². The van der Waals surface area contributed by atoms with E-state index in [0.717, 1.165) is 30.5 Å². The van der Waals surface area contributed by atoms with Crippen LogP contribution in [0.3, 0.4) is 0 Å². The Morgan fingerprint density at radius 3 is 2.80 bits per heavy atom. The number of halogens is 2. The fraction of sp³-hybridized carbons (Fsp3) is 0.286. The Balaban J connectivity index is 2.08. The number of nitrogens with one attached hydrogen (secondary N) is 1. The molecule has 0 saturated carbocycles. The molecular formula is C14H14F2N4. The molecule has 1 aliphatic rings. The zero-order valence-corrected chi connectivity index (χ0v) is 10.7. The molecule has 1 aromatic heterocycles. The third-order valence-corrected chi connectivity index (χ3v) is 3.47. The first-order valence-electron chi connectivity index (χ1n) is 6.44. The van der Waals surface area contributed by atoms with E-state index in [-0.39, 0.29) is 5.56 Å². The molecular weight excluding hydrogens is 262 g/mol. The summed E-state index contributed by atoms with van der Waals surface area (Å²) >= 11 is 0. The second kappa shape index (κ2) is 5.13. The van der Waals surface area contributed by atoms with Crippen molar-refractivity contribution < 1.29 is 8.78 Å². The first-order chi connectivity index (χ1) is 9.69. The second-order valence-electron chi connectivity index (χ2n) is 4.75. The Bertz CT molecular complexity index is 643. The van der Waals surface area contributed by atoms with E-state index >= 15 is 0 Å². The molecule has 0 amide bonds. The number of aromatic nitrogens is 2. The summed E-state index contributed by atoms with van der Waals surface area (Å²) in [6.45, 7) is 0. The first-order valence-corrected chi connectivity index (χ1v) is 6.44. The summed E-state index contributed by atoms with van der Waals surface area (Å²) in [5, 5.41) is 0. The lowest BCUT2D eigenvalue weighted by molar-refractivity contribution is 0.151. The molecule has 6 heteroatoms. The average molecular weight is 276 g/mol. The summed E-state index contributed by atoms with van der Waals surface area (Å²) in [7, 11) is 0. The molecule has 3 N–H and O–H groups in total. The number of alkyl halides is 2. The van der Waals surface area contributed by atoms with Crippen molar-refractivity contribution in [2.24, 2.45) is 5.84 Å². The van der Waals surface area contributed by atoms with Gasteiger partial charge in [0.05, 0.1) is 0 Å². The standard InChI is InChI=1S/C14H14F2N4/c15-12(16)8-3-1-4-9(7-8)13-18-11-6-2-5-10(11)14(19-13)20-17/h1,3-4,7,12H,2,5-6,17H2,(H,18,19,20). The number of nitrogens with two attached hydrogens (primary N) is 1. The highest BCUT2D eigenvalue weighted by atomic mass is 19.3. The van der Waals surface area contributed by atoms with Crippen LogP contribution in [-0.2, 0) is 12.8 Å². The van der Waals surface area contributed by atoms with Gasteiger partial charge in [0, 0.05) is 22.4 Å². The maximum Gasteiger partial charge on any atom is 0.263 e. The van der Waals surface area contributed by atoms with Gasteiger partial charge in [0.2, 0.25) is 0 Å². The summed E-state index contributed by atoms with van der Waals surface area (Å²) < 4.78 is 25.5. The highest BCUT2D eigenvalue weighted by Gasteiger charge is 2.19. The van der Waals surface area contributed by atoms with Crippen molar-refractivity contribution in [3.05, 3.63) is 41.1 Å². The van der Waals surface area contributed by atoms with Gasteiger partial charge in [-0.2, -0.15) is 0 Å². The van der Waals surface area contributed by atoms with Crippen LogP contribution in [0.1, 0.15) is 29.7 Å². The van der Waals surface area contributed by atoms with Crippen molar-refractivity contribution in [2.75, 3.05) is 5.43 Å². The molecule has 0 radical (unpaired) electrons. The van der Waals surface area contributed by atoms with Gasteiger partial charge < -0.3 is 5.43 Å². The minimum Gasteiger partial charge on any atom is -0.308 e. The van der Waals surface area contributed by atoms with E-state index in [2.05, 4.69) is 15.4 Å². The molecule has 1 aliphatic carbocycles. The molecule has 0 fully saturated rings. The molecule has 0 unspecified atom stereocenters. The highest BCUT2D eigenvalue weighted by molar-refractivity contribution is 5.61. The third-order valence-electron chi connectivity index (χ3n) is 3.47. The summed E-state index contributed by atoms with van der Waals surface area (Å²) in [4.78, 5) is 8.82. The quantitative estimate of drug-likeness (QED) is 0.668. The van der Waals surface area contributed by atoms with Gasteiger partial charge in [-0.05, 0) is 25.3 Å². The molecule has 1 aromatic carbocycles. The Morgan fingerprint density at radius 2 is 2.05 bits per heavy atom. The Labute approximate surface area is 115 Å². The maximum atomic E-state index is 12.8. The molecule has 20 heavy (non-hydrogen) atoms. The van der Waals surface area contributed by atoms with E-state index in [1.165, 1.54) is 12.1 Å². The number of rotatable bonds is 3. The molecule has 0 spiro atoms. The fourth-order valence-corrected chi connectivity index (χ4v) is 2.49. The lowest BCUT2D eigenvalue weighted by Gasteiger charge is -2.10. The van der Waals surface area contributed by atoms with Crippen molar-refractivity contribution in [2.45, 2.75) is 25.7 Å². The monoisotopic (exact) mass is 276 g/mol. The molecule has 104 valence electrons. The third kappa shape index (κ3) is 2.22. The smallest absolute Gasteiger partial charge is 0.263 e. The molecule has 0 saturated heterocycles. The van der Waals surface area contributed by atoms with Crippen molar-refractivity contribution in [3.63, 3.8) is 0 Å². The topological polar surface area (TPSA) is 63.8 Å². The highest BCUT2D eigenvalue weighted by Crippen LogP contribution is 2.30. The number of benzene rings is 1. The number of fused-ring (bicyclic) bond motifs is 1. The first kappa shape index (κ1) is 12.9. The van der Waals surface area contributed by atoms with E-state index in [4.69, 9.17) is 5.84 Å². The van der Waals surface area contributed by atoms with Crippen LogP contribution in [0.15, 0.2) is 24.3 Å². The fourth-order valence-electron chi connectivity index (χ4n) is 2.49. The van der Waals surface area contributed by atoms with Gasteiger partial charge in [-0.3, -0.25) is 0 Å². The summed E-state index contributed by atoms with van der Waals surface area (Å²) in [6, 6.07) is 6.12. The van der Waals surface area contributed by atoms with Crippen LogP contribution >= 0.6 is 0 Å². The van der Waals surface area contributed by atoms with Gasteiger partial charge >= 0.3 is 0 Å². The van der Waals surface area contributed by atoms with Gasteiger partial charge in [-0.25, -0.2) is 24.6 Å². The minimum atomic E-state index is -2.50. The number of hydrogen-bond donors (Lipinski definition) is 2. The van der Waals surface area contributed by atoms with Gasteiger partial charge in [0.25, 0.3) is 6.43 Å². The Kier molecular flexibility index (Phi) is 3.31. The zero-order chi connectivity index (χ0) is 14.1. The Morgan fingerprint density at radius 1 is 1.20 bits per heavy atom. The van der Waals surface area contributed by atoms with E-state index in [9.17, 15) is 8.78 Å². The summed E-state index contributed by atoms with van der Waals surface area (Å²) in [5.41, 5.74) is 5.10. The molecule has 1 heterocycles. The van der Waals surface area contributed by atoms with Gasteiger partial charge in [0.1, 0.15) is 5.82 Å². The van der Waals surface area contributed by atoms with Crippen LogP contribution in [0, 0.1) is 0 Å². The molecule has 0 bridgehead atoms. The number of anilines is 1. The normalized spacial score (nSPS) is 13.6. The van der Waals surface area contributed by atoms with E-state index in [1.54, 1.807) is 12.1 Å². The lowest BCUT2D eigenvalue weighted by Crippen LogP contribution is -2.12. The second-order valence-corrected chi connectivity index (χ2v) is 4.75. The summed E-state index contributed by atoms with van der Waals surface area (Å²) in [5.74, 6) is 6.51. The van der Waals surface area contributed by atoms with Crippen molar-refractivity contribution in [3.8, 4) is 11.4 Å². The average Bonchev–Trinajstić information content (AvgIpc) is 2.94.